The standard InChI is InChI=1S/C31H39N3O8S2/c1-4-12-34(13-5-2)23-9-8-20-14-22(7-6-21(20)15-23)25-11-10-24(41-25)19(3)28(16-32)44(39,40)33-29-27(18-43-38)42-26(17-35)30(36)31(29)37/h6-11,14-15,26-27,29-31,33,35-38H,4-5,12-13,17-18H2,1-3H3/b28-19+/t26-,27?,29+,30-,31-/m1/s1. The van der Waals surface area contributed by atoms with Crippen molar-refractivity contribution in [3.05, 3.63) is 59.2 Å². The van der Waals surface area contributed by atoms with Crippen molar-refractivity contribution in [2.75, 3.05) is 30.3 Å². The molecule has 0 bridgehead atoms. The maximum atomic E-state index is 13.4. The zero-order chi connectivity index (χ0) is 32.0. The van der Waals surface area contributed by atoms with Crippen molar-refractivity contribution in [1.29, 1.82) is 5.26 Å². The summed E-state index contributed by atoms with van der Waals surface area (Å²) in [6.45, 7) is 7.12. The lowest BCUT2D eigenvalue weighted by atomic mass is 9.94. The van der Waals surface area contributed by atoms with Crippen molar-refractivity contribution in [3.8, 4) is 17.4 Å². The van der Waals surface area contributed by atoms with E-state index in [-0.39, 0.29) is 17.1 Å². The minimum absolute atomic E-state index is 0.0386. The molecule has 1 fully saturated rings. The van der Waals surface area contributed by atoms with E-state index < -0.39 is 52.0 Å². The van der Waals surface area contributed by atoms with Crippen LogP contribution in [0.25, 0.3) is 27.7 Å². The highest BCUT2D eigenvalue weighted by atomic mass is 32.2. The average molecular weight is 646 g/mol. The van der Waals surface area contributed by atoms with Crippen LogP contribution in [0.3, 0.4) is 0 Å². The van der Waals surface area contributed by atoms with Crippen molar-refractivity contribution >= 4 is 44.1 Å². The highest BCUT2D eigenvalue weighted by molar-refractivity contribution is 7.94. The molecular weight excluding hydrogens is 606 g/mol. The molecule has 5 N–H and O–H groups in total. The number of sulfonamides is 1. The van der Waals surface area contributed by atoms with Crippen LogP contribution in [0.1, 0.15) is 39.4 Å². The predicted molar refractivity (Wildman–Crippen MR) is 171 cm³/mol. The Bertz CT molecular complexity index is 1610. The first-order chi connectivity index (χ1) is 21.1. The Hall–Kier alpha value is -2.93. The van der Waals surface area contributed by atoms with Crippen LogP contribution in [-0.4, -0.2) is 84.2 Å². The molecule has 4 rings (SSSR count). The number of hydrogen-bond acceptors (Lipinski definition) is 11. The zero-order valence-corrected chi connectivity index (χ0v) is 26.5. The van der Waals surface area contributed by atoms with Gasteiger partial charge in [0.15, 0.2) is 4.91 Å². The van der Waals surface area contributed by atoms with Gasteiger partial charge in [-0.3, -0.25) is 0 Å². The number of allylic oxidation sites excluding steroid dienone is 2. The Labute approximate surface area is 262 Å². The van der Waals surface area contributed by atoms with E-state index in [2.05, 4.69) is 41.7 Å². The lowest BCUT2D eigenvalue weighted by molar-refractivity contribution is -0.185. The Balaban J connectivity index is 1.60. The lowest BCUT2D eigenvalue weighted by Gasteiger charge is -2.42. The molecule has 5 atom stereocenters. The van der Waals surface area contributed by atoms with Gasteiger partial charge in [0.2, 0.25) is 0 Å². The van der Waals surface area contributed by atoms with Crippen molar-refractivity contribution in [2.24, 2.45) is 0 Å². The fourth-order valence-electron chi connectivity index (χ4n) is 5.44. The topological polar surface area (TPSA) is 176 Å². The molecule has 44 heavy (non-hydrogen) atoms. The first-order valence-electron chi connectivity index (χ1n) is 14.5. The monoisotopic (exact) mass is 645 g/mol. The molecule has 1 aliphatic rings. The number of anilines is 1. The maximum Gasteiger partial charge on any atom is 0.251 e. The van der Waals surface area contributed by atoms with E-state index in [1.807, 2.05) is 18.2 Å². The number of benzene rings is 2. The van der Waals surface area contributed by atoms with Crippen molar-refractivity contribution in [3.63, 3.8) is 0 Å². The van der Waals surface area contributed by atoms with Gasteiger partial charge in [0.05, 0.1) is 18.8 Å². The fourth-order valence-corrected chi connectivity index (χ4v) is 7.26. The van der Waals surface area contributed by atoms with Crippen LogP contribution in [0.15, 0.2) is 57.9 Å². The molecule has 1 aromatic heterocycles. The first kappa shape index (κ1) is 34.0. The predicted octanol–water partition coefficient (Wildman–Crippen LogP) is 3.96. The molecule has 2 heterocycles. The van der Waals surface area contributed by atoms with Gasteiger partial charge in [0, 0.05) is 35.7 Å². The largest absolute Gasteiger partial charge is 0.456 e. The van der Waals surface area contributed by atoms with Gasteiger partial charge in [0.1, 0.15) is 35.9 Å². The molecule has 2 aromatic carbocycles. The Morgan fingerprint density at radius 3 is 2.34 bits per heavy atom. The van der Waals surface area contributed by atoms with E-state index in [0.717, 1.165) is 42.3 Å². The summed E-state index contributed by atoms with van der Waals surface area (Å²) in [5.74, 6) is 0.485. The Morgan fingerprint density at radius 2 is 1.70 bits per heavy atom. The van der Waals surface area contributed by atoms with Gasteiger partial charge in [-0.05, 0) is 72.9 Å². The second kappa shape index (κ2) is 14.9. The van der Waals surface area contributed by atoms with E-state index in [1.165, 1.54) is 12.6 Å². The third-order valence-corrected chi connectivity index (χ3v) is 9.70. The van der Waals surface area contributed by atoms with Gasteiger partial charge in [-0.2, -0.15) is 5.26 Å². The molecule has 13 heteroatoms. The minimum Gasteiger partial charge on any atom is -0.456 e. The summed E-state index contributed by atoms with van der Waals surface area (Å²) in [6, 6.07) is 15.9. The molecule has 0 spiro atoms. The summed E-state index contributed by atoms with van der Waals surface area (Å²) in [4.78, 5) is 1.73. The molecule has 1 aliphatic heterocycles. The van der Waals surface area contributed by atoms with Crippen LogP contribution in [0, 0.1) is 11.3 Å². The second-order valence-corrected chi connectivity index (χ2v) is 13.0. The van der Waals surface area contributed by atoms with Crippen molar-refractivity contribution in [2.45, 2.75) is 64.1 Å². The van der Waals surface area contributed by atoms with Crippen molar-refractivity contribution in [1.82, 2.24) is 4.72 Å². The molecule has 238 valence electrons. The normalized spacial score (nSPS) is 22.9. The quantitative estimate of drug-likeness (QED) is 0.134. The Morgan fingerprint density at radius 1 is 1.02 bits per heavy atom. The number of aliphatic hydroxyl groups is 3. The van der Waals surface area contributed by atoms with Crippen LogP contribution >= 0.6 is 12.0 Å². The smallest absolute Gasteiger partial charge is 0.251 e. The van der Waals surface area contributed by atoms with Gasteiger partial charge < -0.3 is 33.9 Å². The number of nitriles is 1. The number of ether oxygens (including phenoxy) is 1. The molecular formula is C31H39N3O8S2. The third kappa shape index (κ3) is 7.30. The van der Waals surface area contributed by atoms with E-state index in [4.69, 9.17) is 9.15 Å². The molecule has 0 saturated carbocycles. The van der Waals surface area contributed by atoms with E-state index in [0.29, 0.717) is 17.8 Å². The van der Waals surface area contributed by atoms with Crippen LogP contribution in [-0.2, 0) is 14.8 Å². The van der Waals surface area contributed by atoms with Crippen LogP contribution < -0.4 is 9.62 Å². The number of nitrogens with zero attached hydrogens (tertiary/aromatic N) is 2. The Kier molecular flexibility index (Phi) is 11.5. The summed E-state index contributed by atoms with van der Waals surface area (Å²) in [5.41, 5.74) is 1.99. The molecule has 0 aliphatic carbocycles. The fraction of sp³-hybridized carbons (Fsp3) is 0.452. The number of nitrogens with one attached hydrogen (secondary N) is 1. The minimum atomic E-state index is -4.56. The summed E-state index contributed by atoms with van der Waals surface area (Å²) in [5, 5.41) is 42.3. The molecule has 3 aromatic rings. The zero-order valence-electron chi connectivity index (χ0n) is 24.9. The SMILES string of the molecule is CCCN(CCC)c1ccc2cc(-c3ccc(/C(C)=C(\C#N)S(=O)(=O)N[C@H]4C(CSO)O[C@H](CO)[C@@H](O)[C@@H]4O)o3)ccc2c1. The molecule has 11 nitrogen and oxygen atoms in total. The van der Waals surface area contributed by atoms with Crippen LogP contribution in [0.4, 0.5) is 5.69 Å². The number of hydrogen-bond donors (Lipinski definition) is 5. The van der Waals surface area contributed by atoms with Gasteiger partial charge >= 0.3 is 0 Å². The second-order valence-electron chi connectivity index (χ2n) is 10.8. The van der Waals surface area contributed by atoms with Crippen LogP contribution in [0.2, 0.25) is 0 Å². The molecule has 0 radical (unpaired) electrons. The third-order valence-electron chi connectivity index (χ3n) is 7.71. The molecule has 0 amide bonds. The average Bonchev–Trinajstić information content (AvgIpc) is 3.51. The summed E-state index contributed by atoms with van der Waals surface area (Å²) < 4.78 is 49.9. The number of furan rings is 1. The highest BCUT2D eigenvalue weighted by Crippen LogP contribution is 2.32. The first-order valence-corrected chi connectivity index (χ1v) is 16.9. The van der Waals surface area contributed by atoms with E-state index in [9.17, 15) is 33.6 Å². The number of rotatable bonds is 13. The molecule has 1 unspecified atom stereocenters. The summed E-state index contributed by atoms with van der Waals surface area (Å²) in [7, 11) is -4.56. The van der Waals surface area contributed by atoms with E-state index >= 15 is 0 Å². The maximum absolute atomic E-state index is 13.4. The molecule has 1 saturated heterocycles. The highest BCUT2D eigenvalue weighted by Gasteiger charge is 2.46. The van der Waals surface area contributed by atoms with Crippen LogP contribution in [0.5, 0.6) is 0 Å². The van der Waals surface area contributed by atoms with Gasteiger partial charge in [-0.1, -0.05) is 32.0 Å². The number of fused-ring (bicyclic) bond motifs is 1. The van der Waals surface area contributed by atoms with E-state index in [1.54, 1.807) is 18.2 Å². The summed E-state index contributed by atoms with van der Waals surface area (Å²) >= 11 is 0.349. The number of aliphatic hydroxyl groups excluding tert-OH is 3. The van der Waals surface area contributed by atoms with Crippen molar-refractivity contribution < 1.29 is 37.4 Å². The van der Waals surface area contributed by atoms with Gasteiger partial charge in [0.25, 0.3) is 10.0 Å². The summed E-state index contributed by atoms with van der Waals surface area (Å²) in [6.07, 6.45) is -3.43. The lowest BCUT2D eigenvalue weighted by Crippen LogP contribution is -2.64. The van der Waals surface area contributed by atoms with Gasteiger partial charge in [-0.25, -0.2) is 13.1 Å². The van der Waals surface area contributed by atoms with Gasteiger partial charge in [-0.15, -0.1) is 0 Å².